The van der Waals surface area contributed by atoms with Crippen molar-refractivity contribution < 1.29 is 19.3 Å². The summed E-state index contributed by atoms with van der Waals surface area (Å²) in [6.07, 6.45) is 6.61. The van der Waals surface area contributed by atoms with Gasteiger partial charge in [0, 0.05) is 14.2 Å². The SMILES string of the molecule is C=C/C(C)=C/[C@@H](C)CCC[C@@H](OC)[C@@H](CO)OCOC. The third-order valence-electron chi connectivity index (χ3n) is 3.31. The maximum absolute atomic E-state index is 9.33. The van der Waals surface area contributed by atoms with E-state index in [0.29, 0.717) is 5.92 Å². The highest BCUT2D eigenvalue weighted by atomic mass is 16.7. The topological polar surface area (TPSA) is 47.9 Å². The molecule has 0 aromatic heterocycles. The van der Waals surface area contributed by atoms with E-state index in [1.807, 2.05) is 6.08 Å². The Morgan fingerprint density at radius 2 is 1.95 bits per heavy atom. The van der Waals surface area contributed by atoms with Gasteiger partial charge in [0.05, 0.1) is 12.7 Å². The molecule has 0 aromatic rings. The second-order valence-electron chi connectivity index (χ2n) is 5.09. The lowest BCUT2D eigenvalue weighted by Crippen LogP contribution is -2.34. The van der Waals surface area contributed by atoms with Crippen LogP contribution in [0, 0.1) is 5.92 Å². The number of rotatable bonds is 12. The summed E-state index contributed by atoms with van der Waals surface area (Å²) in [5, 5.41) is 9.33. The molecule has 20 heavy (non-hydrogen) atoms. The van der Waals surface area contributed by atoms with Crippen LogP contribution in [0.3, 0.4) is 0 Å². The van der Waals surface area contributed by atoms with Crippen molar-refractivity contribution in [2.75, 3.05) is 27.6 Å². The van der Waals surface area contributed by atoms with E-state index in [4.69, 9.17) is 14.2 Å². The van der Waals surface area contributed by atoms with Crippen LogP contribution in [0.25, 0.3) is 0 Å². The molecular weight excluding hydrogens is 256 g/mol. The largest absolute Gasteiger partial charge is 0.394 e. The van der Waals surface area contributed by atoms with E-state index in [2.05, 4.69) is 26.5 Å². The van der Waals surface area contributed by atoms with E-state index in [9.17, 15) is 5.11 Å². The number of allylic oxidation sites excluding steroid dienone is 3. The molecule has 0 saturated heterocycles. The molecule has 0 spiro atoms. The van der Waals surface area contributed by atoms with Gasteiger partial charge in [0.25, 0.3) is 0 Å². The second-order valence-corrected chi connectivity index (χ2v) is 5.09. The number of hydrogen-bond donors (Lipinski definition) is 1. The monoisotopic (exact) mass is 286 g/mol. The van der Waals surface area contributed by atoms with Gasteiger partial charge in [-0.25, -0.2) is 0 Å². The Morgan fingerprint density at radius 1 is 1.25 bits per heavy atom. The van der Waals surface area contributed by atoms with Gasteiger partial charge in [-0.1, -0.05) is 37.6 Å². The second kappa shape index (κ2) is 12.1. The Bertz CT molecular complexity index is 276. The first-order chi connectivity index (χ1) is 9.58. The van der Waals surface area contributed by atoms with Gasteiger partial charge in [0.1, 0.15) is 12.9 Å². The fourth-order valence-corrected chi connectivity index (χ4v) is 2.13. The summed E-state index contributed by atoms with van der Waals surface area (Å²) >= 11 is 0. The summed E-state index contributed by atoms with van der Waals surface area (Å²) in [5.74, 6) is 0.512. The standard InChI is InChI=1S/C16H30O4/c1-6-13(2)10-14(3)8-7-9-15(19-5)16(11-17)20-12-18-4/h6,10,14-17H,1,7-9,11-12H2,2-5H3/b13-10+/t14-,15+,16+/m0/s1. The molecule has 0 aliphatic heterocycles. The van der Waals surface area contributed by atoms with Crippen LogP contribution in [-0.2, 0) is 14.2 Å². The van der Waals surface area contributed by atoms with Crippen LogP contribution in [0.1, 0.15) is 33.1 Å². The number of methoxy groups -OCH3 is 2. The molecular formula is C16H30O4. The van der Waals surface area contributed by atoms with Crippen molar-refractivity contribution in [3.8, 4) is 0 Å². The molecule has 0 heterocycles. The van der Waals surface area contributed by atoms with Crippen molar-refractivity contribution in [2.45, 2.75) is 45.3 Å². The lowest BCUT2D eigenvalue weighted by molar-refractivity contribution is -0.136. The van der Waals surface area contributed by atoms with E-state index in [0.717, 1.165) is 19.3 Å². The van der Waals surface area contributed by atoms with Gasteiger partial charge in [-0.3, -0.25) is 0 Å². The van der Waals surface area contributed by atoms with Crippen molar-refractivity contribution in [1.82, 2.24) is 0 Å². The third-order valence-corrected chi connectivity index (χ3v) is 3.31. The van der Waals surface area contributed by atoms with Gasteiger partial charge < -0.3 is 19.3 Å². The van der Waals surface area contributed by atoms with Gasteiger partial charge in [-0.15, -0.1) is 0 Å². The first-order valence-corrected chi connectivity index (χ1v) is 7.14. The van der Waals surface area contributed by atoms with Crippen LogP contribution in [0.5, 0.6) is 0 Å². The van der Waals surface area contributed by atoms with Crippen molar-refractivity contribution in [3.63, 3.8) is 0 Å². The van der Waals surface area contributed by atoms with Gasteiger partial charge in [-0.05, 0) is 25.7 Å². The highest BCUT2D eigenvalue weighted by Crippen LogP contribution is 2.17. The number of aliphatic hydroxyl groups is 1. The summed E-state index contributed by atoms with van der Waals surface area (Å²) < 4.78 is 15.7. The number of hydrogen-bond acceptors (Lipinski definition) is 4. The van der Waals surface area contributed by atoms with E-state index in [-0.39, 0.29) is 25.6 Å². The molecule has 0 radical (unpaired) electrons. The molecule has 0 unspecified atom stereocenters. The van der Waals surface area contributed by atoms with E-state index in [1.165, 1.54) is 5.57 Å². The molecule has 0 aliphatic carbocycles. The molecule has 3 atom stereocenters. The van der Waals surface area contributed by atoms with Crippen molar-refractivity contribution in [3.05, 3.63) is 24.3 Å². The van der Waals surface area contributed by atoms with Crippen LogP contribution >= 0.6 is 0 Å². The molecule has 0 amide bonds. The minimum absolute atomic E-state index is 0.0626. The zero-order chi connectivity index (χ0) is 15.4. The Balaban J connectivity index is 4.13. The summed E-state index contributed by atoms with van der Waals surface area (Å²) in [5.41, 5.74) is 1.21. The molecule has 0 fully saturated rings. The lowest BCUT2D eigenvalue weighted by atomic mass is 9.98. The molecule has 0 bridgehead atoms. The van der Waals surface area contributed by atoms with Crippen LogP contribution < -0.4 is 0 Å². The Kier molecular flexibility index (Phi) is 11.7. The highest BCUT2D eigenvalue weighted by molar-refractivity contribution is 5.13. The van der Waals surface area contributed by atoms with Gasteiger partial charge in [0.15, 0.2) is 0 Å². The zero-order valence-corrected chi connectivity index (χ0v) is 13.3. The Hall–Kier alpha value is -0.680. The highest BCUT2D eigenvalue weighted by Gasteiger charge is 2.21. The van der Waals surface area contributed by atoms with E-state index in [1.54, 1.807) is 14.2 Å². The molecule has 4 nitrogen and oxygen atoms in total. The molecule has 118 valence electrons. The Labute approximate surface area is 123 Å². The van der Waals surface area contributed by atoms with E-state index < -0.39 is 0 Å². The maximum Gasteiger partial charge on any atom is 0.146 e. The predicted octanol–water partition coefficient (Wildman–Crippen LogP) is 2.92. The van der Waals surface area contributed by atoms with E-state index >= 15 is 0 Å². The molecule has 0 aliphatic rings. The number of aliphatic hydroxyl groups excluding tert-OH is 1. The minimum atomic E-state index is -0.333. The molecule has 4 heteroatoms. The maximum atomic E-state index is 9.33. The van der Waals surface area contributed by atoms with Crippen molar-refractivity contribution in [2.24, 2.45) is 5.92 Å². The summed E-state index contributed by atoms with van der Waals surface area (Å²) in [6.45, 7) is 8.11. The molecule has 0 rings (SSSR count). The van der Waals surface area contributed by atoms with Gasteiger partial charge in [0.2, 0.25) is 0 Å². The van der Waals surface area contributed by atoms with Crippen molar-refractivity contribution >= 4 is 0 Å². The summed E-state index contributed by atoms with van der Waals surface area (Å²) in [4.78, 5) is 0. The smallest absolute Gasteiger partial charge is 0.146 e. The van der Waals surface area contributed by atoms with Gasteiger partial charge in [-0.2, -0.15) is 0 Å². The zero-order valence-electron chi connectivity index (χ0n) is 13.3. The first-order valence-electron chi connectivity index (χ1n) is 7.14. The van der Waals surface area contributed by atoms with Crippen LogP contribution in [0.15, 0.2) is 24.3 Å². The fourth-order valence-electron chi connectivity index (χ4n) is 2.13. The molecule has 0 aromatic carbocycles. The first kappa shape index (κ1) is 19.3. The summed E-state index contributed by atoms with van der Waals surface area (Å²) in [7, 11) is 3.21. The molecule has 0 saturated carbocycles. The minimum Gasteiger partial charge on any atom is -0.394 e. The van der Waals surface area contributed by atoms with Crippen LogP contribution in [0.2, 0.25) is 0 Å². The van der Waals surface area contributed by atoms with Crippen LogP contribution in [-0.4, -0.2) is 44.9 Å². The average Bonchev–Trinajstić information content (AvgIpc) is 2.45. The quantitative estimate of drug-likeness (QED) is 0.443. The molecule has 1 N–H and O–H groups in total. The summed E-state index contributed by atoms with van der Waals surface area (Å²) in [6, 6.07) is 0. The Morgan fingerprint density at radius 3 is 2.45 bits per heavy atom. The predicted molar refractivity (Wildman–Crippen MR) is 81.6 cm³/mol. The van der Waals surface area contributed by atoms with Gasteiger partial charge >= 0.3 is 0 Å². The third kappa shape index (κ3) is 8.48. The fraction of sp³-hybridized carbons (Fsp3) is 0.750. The van der Waals surface area contributed by atoms with Crippen LogP contribution in [0.4, 0.5) is 0 Å². The lowest BCUT2D eigenvalue weighted by Gasteiger charge is -2.24. The van der Waals surface area contributed by atoms with Crippen molar-refractivity contribution in [1.29, 1.82) is 0 Å². The normalized spacial score (nSPS) is 16.8. The number of ether oxygens (including phenoxy) is 3. The average molecular weight is 286 g/mol.